The second-order valence-electron chi connectivity index (χ2n) is 6.50. The smallest absolute Gasteiger partial charge is 0.259 e. The maximum atomic E-state index is 12.8. The normalized spacial score (nSPS) is 11.2. The zero-order valence-corrected chi connectivity index (χ0v) is 15.4. The van der Waals surface area contributed by atoms with Gasteiger partial charge in [0.05, 0.1) is 24.3 Å². The van der Waals surface area contributed by atoms with Crippen molar-refractivity contribution < 1.29 is 9.53 Å². The number of aromatic nitrogens is 5. The first-order chi connectivity index (χ1) is 13.0. The van der Waals surface area contributed by atoms with Crippen LogP contribution in [0.25, 0.3) is 16.7 Å². The molecule has 0 saturated carbocycles. The van der Waals surface area contributed by atoms with Gasteiger partial charge in [0.15, 0.2) is 5.65 Å². The van der Waals surface area contributed by atoms with E-state index in [9.17, 15) is 4.79 Å². The molecule has 0 bridgehead atoms. The number of ether oxygens (including phenoxy) is 1. The molecule has 0 aliphatic carbocycles. The summed E-state index contributed by atoms with van der Waals surface area (Å²) in [5, 5.41) is 4.22. The van der Waals surface area contributed by atoms with Gasteiger partial charge in [-0.05, 0) is 24.6 Å². The van der Waals surface area contributed by atoms with Crippen molar-refractivity contribution in [2.24, 2.45) is 0 Å². The van der Waals surface area contributed by atoms with Crippen LogP contribution in [0.3, 0.4) is 0 Å². The van der Waals surface area contributed by atoms with Gasteiger partial charge in [-0.2, -0.15) is 5.10 Å². The Balaban J connectivity index is 1.48. The maximum Gasteiger partial charge on any atom is 0.259 e. The zero-order chi connectivity index (χ0) is 19.0. The van der Waals surface area contributed by atoms with Crippen LogP contribution in [-0.2, 0) is 6.42 Å². The number of carbonyl (C=O) groups excluding carboxylic acids is 1. The summed E-state index contributed by atoms with van der Waals surface area (Å²) in [5.74, 6) is 1.49. The molecule has 8 heteroatoms. The second-order valence-corrected chi connectivity index (χ2v) is 6.50. The molecule has 0 atom stereocenters. The van der Waals surface area contributed by atoms with Gasteiger partial charge in [-0.15, -0.1) is 0 Å². The number of hydrogen-bond donors (Lipinski definition) is 1. The first kappa shape index (κ1) is 17.0. The Bertz CT molecular complexity index is 1130. The molecule has 3 aromatic heterocycles. The fourth-order valence-corrected chi connectivity index (χ4v) is 2.99. The monoisotopic (exact) mass is 364 g/mol. The van der Waals surface area contributed by atoms with Crippen LogP contribution in [-0.4, -0.2) is 56.1 Å². The van der Waals surface area contributed by atoms with E-state index < -0.39 is 0 Å². The number of nitrogens with zero attached hydrogens (tertiary/aromatic N) is 5. The molecule has 1 N–H and O–H groups in total. The van der Waals surface area contributed by atoms with Gasteiger partial charge in [0.25, 0.3) is 5.91 Å². The minimum Gasteiger partial charge on any atom is -0.497 e. The fourth-order valence-electron chi connectivity index (χ4n) is 2.99. The molecular weight excluding hydrogens is 344 g/mol. The molecule has 8 nitrogen and oxygen atoms in total. The quantitative estimate of drug-likeness (QED) is 0.587. The Labute approximate surface area is 155 Å². The third-order valence-electron chi connectivity index (χ3n) is 4.48. The topological polar surface area (TPSA) is 88.4 Å². The molecule has 138 valence electrons. The lowest BCUT2D eigenvalue weighted by molar-refractivity contribution is 0.0798. The number of rotatable bonds is 5. The predicted molar refractivity (Wildman–Crippen MR) is 101 cm³/mol. The summed E-state index contributed by atoms with van der Waals surface area (Å²) in [6.07, 6.45) is 5.76. The van der Waals surface area contributed by atoms with Gasteiger partial charge < -0.3 is 14.6 Å². The van der Waals surface area contributed by atoms with E-state index in [-0.39, 0.29) is 5.91 Å². The van der Waals surface area contributed by atoms with Crippen LogP contribution in [0.5, 0.6) is 5.75 Å². The average molecular weight is 364 g/mol. The highest BCUT2D eigenvalue weighted by Crippen LogP contribution is 2.19. The molecule has 27 heavy (non-hydrogen) atoms. The highest BCUT2D eigenvalue weighted by atomic mass is 16.5. The molecule has 1 amide bonds. The third-order valence-corrected chi connectivity index (χ3v) is 4.48. The molecule has 0 saturated heterocycles. The van der Waals surface area contributed by atoms with Crippen molar-refractivity contribution in [3.05, 3.63) is 53.7 Å². The molecule has 0 radical (unpaired) electrons. The van der Waals surface area contributed by atoms with Gasteiger partial charge in [0.2, 0.25) is 0 Å². The number of hydrogen-bond acceptors (Lipinski definition) is 5. The highest BCUT2D eigenvalue weighted by molar-refractivity contribution is 5.99. The van der Waals surface area contributed by atoms with Gasteiger partial charge >= 0.3 is 0 Å². The summed E-state index contributed by atoms with van der Waals surface area (Å²) in [5.41, 5.74) is 3.84. The number of carbonyl (C=O) groups is 1. The Hall–Kier alpha value is -3.42. The van der Waals surface area contributed by atoms with Crippen molar-refractivity contribution in [1.29, 1.82) is 0 Å². The lowest BCUT2D eigenvalue weighted by Crippen LogP contribution is -2.29. The molecule has 0 fully saturated rings. The van der Waals surface area contributed by atoms with Crippen LogP contribution in [0.4, 0.5) is 0 Å². The molecule has 0 spiro atoms. The SMILES string of the molecule is COc1ccc2nc(CCN(C)C(=O)c3cnn4cc(C)cnc34)[nH]c2c1. The van der Waals surface area contributed by atoms with E-state index >= 15 is 0 Å². The number of benzene rings is 1. The molecule has 4 aromatic rings. The summed E-state index contributed by atoms with van der Waals surface area (Å²) in [6, 6.07) is 5.70. The summed E-state index contributed by atoms with van der Waals surface area (Å²) < 4.78 is 6.86. The second kappa shape index (κ2) is 6.71. The van der Waals surface area contributed by atoms with Crippen molar-refractivity contribution >= 4 is 22.6 Å². The molecule has 0 aliphatic rings. The number of amides is 1. The van der Waals surface area contributed by atoms with Crippen molar-refractivity contribution in [2.75, 3.05) is 20.7 Å². The van der Waals surface area contributed by atoms with Gasteiger partial charge in [-0.25, -0.2) is 14.5 Å². The van der Waals surface area contributed by atoms with Crippen molar-refractivity contribution in [3.63, 3.8) is 0 Å². The van der Waals surface area contributed by atoms with E-state index in [0.717, 1.165) is 28.2 Å². The van der Waals surface area contributed by atoms with Gasteiger partial charge in [-0.3, -0.25) is 4.79 Å². The van der Waals surface area contributed by atoms with Crippen LogP contribution in [0.15, 0.2) is 36.8 Å². The van der Waals surface area contributed by atoms with Crippen LogP contribution in [0.2, 0.25) is 0 Å². The van der Waals surface area contributed by atoms with E-state index in [4.69, 9.17) is 4.74 Å². The zero-order valence-electron chi connectivity index (χ0n) is 15.4. The van der Waals surface area contributed by atoms with Crippen LogP contribution in [0, 0.1) is 6.92 Å². The third kappa shape index (κ3) is 3.21. The largest absolute Gasteiger partial charge is 0.497 e. The van der Waals surface area contributed by atoms with Crippen LogP contribution < -0.4 is 4.74 Å². The number of aryl methyl sites for hydroxylation is 1. The molecular formula is C19H20N6O2. The van der Waals surface area contributed by atoms with Crippen LogP contribution in [0.1, 0.15) is 21.7 Å². The number of methoxy groups -OCH3 is 1. The lowest BCUT2D eigenvalue weighted by Gasteiger charge is -2.15. The van der Waals surface area contributed by atoms with E-state index in [0.29, 0.717) is 24.2 Å². The first-order valence-electron chi connectivity index (χ1n) is 8.63. The van der Waals surface area contributed by atoms with Crippen LogP contribution >= 0.6 is 0 Å². The Morgan fingerprint density at radius 2 is 2.19 bits per heavy atom. The van der Waals surface area contributed by atoms with E-state index in [1.807, 2.05) is 31.3 Å². The van der Waals surface area contributed by atoms with Gasteiger partial charge in [-0.1, -0.05) is 0 Å². The number of likely N-dealkylation sites (N-methyl/N-ethyl adjacent to an activating group) is 1. The molecule has 3 heterocycles. The molecule has 0 aliphatic heterocycles. The Morgan fingerprint density at radius 1 is 1.33 bits per heavy atom. The number of aromatic amines is 1. The Morgan fingerprint density at radius 3 is 3.00 bits per heavy atom. The van der Waals surface area contributed by atoms with E-state index in [1.165, 1.54) is 0 Å². The summed E-state index contributed by atoms with van der Waals surface area (Å²) in [4.78, 5) is 26.6. The van der Waals surface area contributed by atoms with Gasteiger partial charge in [0, 0.05) is 38.5 Å². The summed E-state index contributed by atoms with van der Waals surface area (Å²) in [6.45, 7) is 2.46. The number of fused-ring (bicyclic) bond motifs is 2. The number of H-pyrrole nitrogens is 1. The summed E-state index contributed by atoms with van der Waals surface area (Å²) >= 11 is 0. The standard InChI is InChI=1S/C19H20N6O2/c1-12-9-20-18-14(10-21-25(18)11-12)19(26)24(2)7-6-17-22-15-5-4-13(27-3)8-16(15)23-17/h4-5,8-11H,6-7H2,1-3H3,(H,22,23). The number of nitrogens with one attached hydrogen (secondary N) is 1. The first-order valence-corrected chi connectivity index (χ1v) is 8.63. The highest BCUT2D eigenvalue weighted by Gasteiger charge is 2.18. The van der Waals surface area contributed by atoms with Gasteiger partial charge in [0.1, 0.15) is 17.1 Å². The minimum atomic E-state index is -0.112. The average Bonchev–Trinajstić information content (AvgIpc) is 3.27. The summed E-state index contributed by atoms with van der Waals surface area (Å²) in [7, 11) is 3.40. The molecule has 4 rings (SSSR count). The van der Waals surface area contributed by atoms with E-state index in [1.54, 1.807) is 36.0 Å². The number of imidazole rings is 1. The minimum absolute atomic E-state index is 0.112. The van der Waals surface area contributed by atoms with Crippen molar-refractivity contribution in [3.8, 4) is 5.75 Å². The molecule has 0 unspecified atom stereocenters. The fraction of sp³-hybridized carbons (Fsp3) is 0.263. The maximum absolute atomic E-state index is 12.8. The van der Waals surface area contributed by atoms with Crippen molar-refractivity contribution in [2.45, 2.75) is 13.3 Å². The predicted octanol–water partition coefficient (Wildman–Crippen LogP) is 2.24. The molecule has 1 aromatic carbocycles. The lowest BCUT2D eigenvalue weighted by atomic mass is 10.2. The van der Waals surface area contributed by atoms with E-state index in [2.05, 4.69) is 20.1 Å². The van der Waals surface area contributed by atoms with Crippen molar-refractivity contribution in [1.82, 2.24) is 29.5 Å². The Kier molecular flexibility index (Phi) is 4.23.